The quantitative estimate of drug-likeness (QED) is 0.0266. The Bertz CT molecular complexity index is 4510. The van der Waals surface area contributed by atoms with Crippen LogP contribution in [0.5, 0.6) is 0 Å². The van der Waals surface area contributed by atoms with Crippen LogP contribution in [-0.4, -0.2) is 0 Å². The summed E-state index contributed by atoms with van der Waals surface area (Å²) in [6.07, 6.45) is 35.7. The average molecular weight is 1440 g/mol. The largest absolute Gasteiger partial charge is 0.0654 e. The summed E-state index contributed by atoms with van der Waals surface area (Å²) in [6.45, 7) is 9.41. The van der Waals surface area contributed by atoms with Crippen LogP contribution in [0.3, 0.4) is 0 Å². The first-order valence-electron chi connectivity index (χ1n) is 43.1. The molecule has 110 heavy (non-hydrogen) atoms. The van der Waals surface area contributed by atoms with Crippen molar-refractivity contribution in [3.8, 4) is 55.6 Å². The third-order valence-corrected chi connectivity index (χ3v) is 24.8. The minimum Gasteiger partial charge on any atom is -0.0654 e. The Balaban J connectivity index is 0.867. The molecule has 558 valence electrons. The summed E-state index contributed by atoms with van der Waals surface area (Å²) in [7, 11) is 0. The topological polar surface area (TPSA) is 0 Å². The maximum absolute atomic E-state index is 2.74. The SMILES string of the molecule is CCCCCCCCC1(CCCCCCCC)c2cc(-c3ccc(C(=C(c4ccccc4)c4ccccc4)c4ccccc4)cc3)ccc2-c2ccc(-c3ccc4c(c3)C(CCCCCCCC)(CCCCCCCC)c3cc(-c5ccc(C(=C(c6ccccc6)c6ccccc6)c6ccccc6)cc5)ccc3-4)cc21. The lowest BCUT2D eigenvalue weighted by Gasteiger charge is -2.34. The van der Waals surface area contributed by atoms with Gasteiger partial charge in [0.15, 0.2) is 0 Å². The monoisotopic (exact) mass is 1440 g/mol. The zero-order chi connectivity index (χ0) is 75.2. The van der Waals surface area contributed by atoms with E-state index in [1.807, 2.05) is 0 Å². The predicted molar refractivity (Wildman–Crippen MR) is 476 cm³/mol. The highest BCUT2D eigenvalue weighted by Gasteiger charge is 2.45. The van der Waals surface area contributed by atoms with E-state index in [1.54, 1.807) is 22.3 Å². The van der Waals surface area contributed by atoms with Crippen molar-refractivity contribution in [2.24, 2.45) is 0 Å². The van der Waals surface area contributed by atoms with Gasteiger partial charge in [0.2, 0.25) is 0 Å². The lowest BCUT2D eigenvalue weighted by atomic mass is 9.69. The van der Waals surface area contributed by atoms with Crippen LogP contribution >= 0.6 is 0 Å². The predicted octanol–water partition coefficient (Wildman–Crippen LogP) is 32.2. The molecule has 2 aliphatic rings. The van der Waals surface area contributed by atoms with Crippen molar-refractivity contribution in [1.29, 1.82) is 0 Å². The maximum Gasteiger partial charge on any atom is 0.0215 e. The van der Waals surface area contributed by atoms with E-state index in [1.165, 1.54) is 302 Å². The summed E-state index contributed by atoms with van der Waals surface area (Å²) >= 11 is 0. The van der Waals surface area contributed by atoms with E-state index in [0.717, 1.165) is 0 Å². The molecule has 0 atom stereocenters. The molecule has 0 heteroatoms. The van der Waals surface area contributed by atoms with Crippen LogP contribution in [0.25, 0.3) is 77.9 Å². The summed E-state index contributed by atoms with van der Waals surface area (Å²) < 4.78 is 0. The van der Waals surface area contributed by atoms with Crippen molar-refractivity contribution in [2.45, 2.75) is 218 Å². The molecule has 0 radical (unpaired) electrons. The molecular formula is C110H118. The molecule has 0 saturated heterocycles. The molecule has 0 unspecified atom stereocenters. The fourth-order valence-electron chi connectivity index (χ4n) is 19.0. The first kappa shape index (κ1) is 76.9. The molecule has 0 nitrogen and oxygen atoms in total. The van der Waals surface area contributed by atoms with Crippen LogP contribution in [0.1, 0.15) is 274 Å². The van der Waals surface area contributed by atoms with Crippen molar-refractivity contribution in [3.63, 3.8) is 0 Å². The number of hydrogen-bond donors (Lipinski definition) is 0. The molecule has 0 aromatic heterocycles. The lowest BCUT2D eigenvalue weighted by Crippen LogP contribution is -2.26. The number of hydrogen-bond acceptors (Lipinski definition) is 0. The van der Waals surface area contributed by atoms with Crippen LogP contribution in [0.15, 0.2) is 303 Å². The van der Waals surface area contributed by atoms with E-state index < -0.39 is 0 Å². The van der Waals surface area contributed by atoms with Crippen molar-refractivity contribution >= 4 is 22.3 Å². The molecule has 0 spiro atoms. The van der Waals surface area contributed by atoms with Crippen LogP contribution in [0, 0.1) is 0 Å². The van der Waals surface area contributed by atoms with Gasteiger partial charge in [0.05, 0.1) is 0 Å². The summed E-state index contributed by atoms with van der Waals surface area (Å²) in [5.41, 5.74) is 34.4. The van der Waals surface area contributed by atoms with E-state index in [2.05, 4.69) is 331 Å². The van der Waals surface area contributed by atoms with E-state index in [0.29, 0.717) is 0 Å². The van der Waals surface area contributed by atoms with Gasteiger partial charge < -0.3 is 0 Å². The van der Waals surface area contributed by atoms with E-state index in [-0.39, 0.29) is 10.8 Å². The zero-order valence-corrected chi connectivity index (χ0v) is 66.7. The Hall–Kier alpha value is -9.88. The van der Waals surface area contributed by atoms with Gasteiger partial charge in [0.1, 0.15) is 0 Å². The lowest BCUT2D eigenvalue weighted by molar-refractivity contribution is 0.397. The van der Waals surface area contributed by atoms with Gasteiger partial charge in [-0.3, -0.25) is 0 Å². The average Bonchev–Trinajstić information content (AvgIpc) is 1.56. The fourth-order valence-corrected chi connectivity index (χ4v) is 19.0. The molecule has 12 aromatic rings. The van der Waals surface area contributed by atoms with Crippen molar-refractivity contribution in [1.82, 2.24) is 0 Å². The van der Waals surface area contributed by atoms with E-state index >= 15 is 0 Å². The van der Waals surface area contributed by atoms with Gasteiger partial charge in [-0.25, -0.2) is 0 Å². The Morgan fingerprint density at radius 2 is 0.345 bits per heavy atom. The molecule has 2 aliphatic carbocycles. The number of benzene rings is 12. The molecule has 0 heterocycles. The zero-order valence-electron chi connectivity index (χ0n) is 66.7. The smallest absolute Gasteiger partial charge is 0.0215 e. The highest BCUT2D eigenvalue weighted by molar-refractivity contribution is 6.06. The molecular weight excluding hydrogens is 1320 g/mol. The van der Waals surface area contributed by atoms with E-state index in [4.69, 9.17) is 0 Å². The van der Waals surface area contributed by atoms with Crippen LogP contribution < -0.4 is 0 Å². The fraction of sp³-hybridized carbons (Fsp3) is 0.309. The Morgan fingerprint density at radius 3 is 0.555 bits per heavy atom. The minimum atomic E-state index is -0.109. The van der Waals surface area contributed by atoms with Crippen molar-refractivity contribution in [3.05, 3.63) is 370 Å². The molecule has 0 fully saturated rings. The second-order valence-corrected chi connectivity index (χ2v) is 32.1. The van der Waals surface area contributed by atoms with Crippen molar-refractivity contribution in [2.75, 3.05) is 0 Å². The number of unbranched alkanes of at least 4 members (excludes halogenated alkanes) is 20. The van der Waals surface area contributed by atoms with Gasteiger partial charge in [-0.1, -0.05) is 461 Å². The van der Waals surface area contributed by atoms with Gasteiger partial charge in [0, 0.05) is 10.8 Å². The summed E-state index contributed by atoms with van der Waals surface area (Å²) in [5.74, 6) is 0. The normalized spacial score (nSPS) is 12.8. The molecule has 0 amide bonds. The second-order valence-electron chi connectivity index (χ2n) is 32.1. The van der Waals surface area contributed by atoms with Gasteiger partial charge in [0.25, 0.3) is 0 Å². The highest BCUT2D eigenvalue weighted by Crippen LogP contribution is 2.59. The number of fused-ring (bicyclic) bond motifs is 6. The minimum absolute atomic E-state index is 0.109. The second kappa shape index (κ2) is 38.2. The van der Waals surface area contributed by atoms with Crippen LogP contribution in [0.4, 0.5) is 0 Å². The summed E-state index contributed by atoms with van der Waals surface area (Å²) in [5, 5.41) is 0. The van der Waals surface area contributed by atoms with Crippen molar-refractivity contribution < 1.29 is 0 Å². The molecule has 14 rings (SSSR count). The van der Waals surface area contributed by atoms with Gasteiger partial charge >= 0.3 is 0 Å². The summed E-state index contributed by atoms with van der Waals surface area (Å²) in [6, 6.07) is 116. The molecule has 0 aliphatic heterocycles. The third kappa shape index (κ3) is 17.5. The Morgan fingerprint density at radius 1 is 0.173 bits per heavy atom. The van der Waals surface area contributed by atoms with Gasteiger partial charge in [-0.15, -0.1) is 0 Å². The molecule has 0 N–H and O–H groups in total. The Kier molecular flexibility index (Phi) is 26.7. The van der Waals surface area contributed by atoms with Crippen LogP contribution in [-0.2, 0) is 10.8 Å². The van der Waals surface area contributed by atoms with E-state index in [9.17, 15) is 0 Å². The third-order valence-electron chi connectivity index (χ3n) is 24.8. The first-order chi connectivity index (χ1) is 54.4. The summed E-state index contributed by atoms with van der Waals surface area (Å²) in [4.78, 5) is 0. The maximum atomic E-state index is 2.74. The van der Waals surface area contributed by atoms with Crippen LogP contribution in [0.2, 0.25) is 0 Å². The van der Waals surface area contributed by atoms with Gasteiger partial charge in [-0.05, 0) is 195 Å². The standard InChI is InChI=1S/C110H118/c1-5-9-13-17-21-43-75-109(76-44-22-18-14-10-6-2)101-79-93(83-59-63-91(64-60-83)107(89-55-39-29-40-56-89)105(85-47-31-25-32-48-85)86-49-33-26-34-50-86)67-71-97(101)99-73-69-95(81-103(99)109)96-70-74-100-98-72-68-94(80-102(98)110(104(100)82-96,77-45-23-19-15-11-7-3)78-46-24-20-16-12-8-4)84-61-65-92(66-62-84)108(90-57-41-30-42-58-90)106(87-51-35-27-36-52-87)88-53-37-28-38-54-88/h25-42,47-74,79-82H,5-24,43-46,75-78H2,1-4H3. The van der Waals surface area contributed by atoms with Gasteiger partial charge in [-0.2, -0.15) is 0 Å². The molecule has 0 saturated carbocycles. The highest BCUT2D eigenvalue weighted by atomic mass is 14.5. The molecule has 0 bridgehead atoms. The first-order valence-corrected chi connectivity index (χ1v) is 43.1. The molecule has 12 aromatic carbocycles. The number of rotatable bonds is 39. The Labute approximate surface area is 662 Å².